The van der Waals surface area contributed by atoms with Crippen molar-refractivity contribution in [1.29, 1.82) is 0 Å². The molecule has 0 fully saturated rings. The van der Waals surface area contributed by atoms with Gasteiger partial charge in [0.25, 0.3) is 11.5 Å². The van der Waals surface area contributed by atoms with Crippen molar-refractivity contribution in [2.24, 2.45) is 0 Å². The van der Waals surface area contributed by atoms with E-state index in [1.54, 1.807) is 24.3 Å². The molecule has 0 saturated heterocycles. The summed E-state index contributed by atoms with van der Waals surface area (Å²) < 4.78 is 14.7. The molecule has 1 aromatic heterocycles. The van der Waals surface area contributed by atoms with Gasteiger partial charge in [-0.05, 0) is 30.7 Å². The van der Waals surface area contributed by atoms with Crippen LogP contribution in [0.3, 0.4) is 0 Å². The van der Waals surface area contributed by atoms with Gasteiger partial charge in [-0.15, -0.1) is 0 Å². The highest BCUT2D eigenvalue weighted by Gasteiger charge is 2.17. The Morgan fingerprint density at radius 3 is 2.63 bits per heavy atom. The maximum absolute atomic E-state index is 13.3. The van der Waals surface area contributed by atoms with Crippen molar-refractivity contribution < 1.29 is 9.18 Å². The van der Waals surface area contributed by atoms with Crippen LogP contribution < -0.4 is 10.9 Å². The van der Waals surface area contributed by atoms with Crippen LogP contribution in [0.1, 0.15) is 36.7 Å². The quantitative estimate of drug-likeness (QED) is 0.627. The summed E-state index contributed by atoms with van der Waals surface area (Å²) in [5.74, 6) is -1.05. The summed E-state index contributed by atoms with van der Waals surface area (Å²) >= 11 is 5.77. The zero-order valence-corrected chi connectivity index (χ0v) is 15.6. The Labute approximate surface area is 160 Å². The Balaban J connectivity index is 2.00. The van der Waals surface area contributed by atoms with Gasteiger partial charge in [0.05, 0.1) is 10.4 Å². The number of carbonyl (C=O) groups is 1. The molecule has 7 heteroatoms. The van der Waals surface area contributed by atoms with Crippen molar-refractivity contribution in [3.63, 3.8) is 0 Å². The molecule has 27 heavy (non-hydrogen) atoms. The number of anilines is 1. The van der Waals surface area contributed by atoms with E-state index in [4.69, 9.17) is 11.6 Å². The average molecular weight is 388 g/mol. The van der Waals surface area contributed by atoms with Gasteiger partial charge in [-0.3, -0.25) is 9.59 Å². The summed E-state index contributed by atoms with van der Waals surface area (Å²) in [7, 11) is 0. The van der Waals surface area contributed by atoms with E-state index < -0.39 is 11.7 Å². The van der Waals surface area contributed by atoms with Crippen LogP contribution in [-0.4, -0.2) is 15.7 Å². The van der Waals surface area contributed by atoms with Crippen molar-refractivity contribution in [3.05, 3.63) is 69.4 Å². The summed E-state index contributed by atoms with van der Waals surface area (Å²) in [5, 5.41) is 7.78. The summed E-state index contributed by atoms with van der Waals surface area (Å²) in [4.78, 5) is 25.4. The molecule has 0 aliphatic carbocycles. The van der Waals surface area contributed by atoms with E-state index >= 15 is 0 Å². The lowest BCUT2D eigenvalue weighted by atomic mass is 10.1. The SMILES string of the molecule is CCCCCn1nc(C(=O)Nc2ccc(F)c(Cl)c2)c2ccccc2c1=O. The van der Waals surface area contributed by atoms with Crippen LogP contribution in [0, 0.1) is 5.82 Å². The van der Waals surface area contributed by atoms with E-state index in [9.17, 15) is 14.0 Å². The minimum absolute atomic E-state index is 0.0878. The largest absolute Gasteiger partial charge is 0.321 e. The van der Waals surface area contributed by atoms with Gasteiger partial charge in [0.2, 0.25) is 0 Å². The number of nitrogens with zero attached hydrogens (tertiary/aromatic N) is 2. The van der Waals surface area contributed by atoms with Gasteiger partial charge < -0.3 is 5.32 Å². The summed E-state index contributed by atoms with van der Waals surface area (Å²) in [5.41, 5.74) is 0.270. The first-order valence-corrected chi connectivity index (χ1v) is 9.15. The molecule has 0 aliphatic heterocycles. The molecule has 0 radical (unpaired) electrons. The van der Waals surface area contributed by atoms with Crippen LogP contribution in [0.2, 0.25) is 5.02 Å². The Bertz CT molecular complexity index is 1050. The molecule has 0 saturated carbocycles. The van der Waals surface area contributed by atoms with Crippen LogP contribution in [-0.2, 0) is 6.54 Å². The molecular formula is C20H19ClFN3O2. The summed E-state index contributed by atoms with van der Waals surface area (Å²) in [6.45, 7) is 2.52. The fourth-order valence-electron chi connectivity index (χ4n) is 2.83. The predicted octanol–water partition coefficient (Wildman–Crippen LogP) is 4.63. The molecule has 3 rings (SSSR count). The second-order valence-electron chi connectivity index (χ2n) is 6.21. The molecule has 0 atom stereocenters. The molecule has 0 unspecified atom stereocenters. The number of amides is 1. The highest BCUT2D eigenvalue weighted by Crippen LogP contribution is 2.21. The van der Waals surface area contributed by atoms with Gasteiger partial charge in [-0.25, -0.2) is 9.07 Å². The molecule has 1 N–H and O–H groups in total. The topological polar surface area (TPSA) is 64.0 Å². The Hall–Kier alpha value is -2.73. The first kappa shape index (κ1) is 19.0. The van der Waals surface area contributed by atoms with E-state index in [1.165, 1.54) is 22.9 Å². The first-order valence-electron chi connectivity index (χ1n) is 8.77. The monoisotopic (exact) mass is 387 g/mol. The fraction of sp³-hybridized carbons (Fsp3) is 0.250. The number of rotatable bonds is 6. The van der Waals surface area contributed by atoms with E-state index in [1.807, 2.05) is 0 Å². The van der Waals surface area contributed by atoms with Gasteiger partial charge in [-0.1, -0.05) is 49.6 Å². The Morgan fingerprint density at radius 2 is 1.93 bits per heavy atom. The predicted molar refractivity (Wildman–Crippen MR) is 105 cm³/mol. The molecule has 0 aliphatic rings. The highest BCUT2D eigenvalue weighted by atomic mass is 35.5. The Kier molecular flexibility index (Phi) is 5.86. The minimum atomic E-state index is -0.567. The molecular weight excluding hydrogens is 369 g/mol. The van der Waals surface area contributed by atoms with Crippen molar-refractivity contribution in [2.45, 2.75) is 32.7 Å². The molecule has 1 heterocycles. The number of aryl methyl sites for hydroxylation is 1. The van der Waals surface area contributed by atoms with E-state index in [0.717, 1.165) is 19.3 Å². The van der Waals surface area contributed by atoms with Gasteiger partial charge in [-0.2, -0.15) is 5.10 Å². The number of halogens is 2. The normalized spacial score (nSPS) is 10.9. The third-order valence-electron chi connectivity index (χ3n) is 4.23. The van der Waals surface area contributed by atoms with Crippen LogP contribution in [0.4, 0.5) is 10.1 Å². The van der Waals surface area contributed by atoms with Crippen molar-refractivity contribution in [1.82, 2.24) is 9.78 Å². The summed E-state index contributed by atoms with van der Waals surface area (Å²) in [6.07, 6.45) is 2.79. The Morgan fingerprint density at radius 1 is 1.19 bits per heavy atom. The fourth-order valence-corrected chi connectivity index (χ4v) is 3.01. The highest BCUT2D eigenvalue weighted by molar-refractivity contribution is 6.31. The van der Waals surface area contributed by atoms with Crippen molar-refractivity contribution in [2.75, 3.05) is 5.32 Å². The molecule has 140 valence electrons. The van der Waals surface area contributed by atoms with Crippen LogP contribution in [0.5, 0.6) is 0 Å². The minimum Gasteiger partial charge on any atom is -0.321 e. The molecule has 0 spiro atoms. The number of benzene rings is 2. The number of aromatic nitrogens is 2. The summed E-state index contributed by atoms with van der Waals surface area (Å²) in [6, 6.07) is 10.8. The van der Waals surface area contributed by atoms with Gasteiger partial charge in [0.15, 0.2) is 5.69 Å². The lowest BCUT2D eigenvalue weighted by Gasteiger charge is -2.11. The van der Waals surface area contributed by atoms with E-state index in [2.05, 4.69) is 17.3 Å². The third kappa shape index (κ3) is 4.17. The molecule has 2 aromatic carbocycles. The van der Waals surface area contributed by atoms with Crippen molar-refractivity contribution in [3.8, 4) is 0 Å². The standard InChI is InChI=1S/C20H19ClFN3O2/c1-2-3-6-11-25-20(27)15-8-5-4-7-14(15)18(24-25)19(26)23-13-9-10-17(22)16(21)12-13/h4-5,7-10,12H,2-3,6,11H2,1H3,(H,23,26). The number of nitrogens with one attached hydrogen (secondary N) is 1. The van der Waals surface area contributed by atoms with Gasteiger partial charge >= 0.3 is 0 Å². The number of carbonyl (C=O) groups excluding carboxylic acids is 1. The number of hydrogen-bond donors (Lipinski definition) is 1. The second-order valence-corrected chi connectivity index (χ2v) is 6.62. The first-order chi connectivity index (χ1) is 13.0. The number of fused-ring (bicyclic) bond motifs is 1. The average Bonchev–Trinajstić information content (AvgIpc) is 2.66. The maximum Gasteiger partial charge on any atom is 0.276 e. The smallest absolute Gasteiger partial charge is 0.276 e. The molecule has 5 nitrogen and oxygen atoms in total. The maximum atomic E-state index is 13.3. The van der Waals surface area contributed by atoms with Gasteiger partial charge in [0.1, 0.15) is 5.82 Å². The molecule has 1 amide bonds. The third-order valence-corrected chi connectivity index (χ3v) is 4.52. The molecule has 3 aromatic rings. The zero-order chi connectivity index (χ0) is 19.4. The van der Waals surface area contributed by atoms with Gasteiger partial charge in [0, 0.05) is 17.6 Å². The van der Waals surface area contributed by atoms with Crippen LogP contribution in [0.25, 0.3) is 10.8 Å². The lowest BCUT2D eigenvalue weighted by Crippen LogP contribution is -2.27. The van der Waals surface area contributed by atoms with E-state index in [0.29, 0.717) is 23.0 Å². The number of unbranched alkanes of at least 4 members (excludes halogenated alkanes) is 2. The molecule has 0 bridgehead atoms. The van der Waals surface area contributed by atoms with E-state index in [-0.39, 0.29) is 16.3 Å². The zero-order valence-electron chi connectivity index (χ0n) is 14.8. The van der Waals surface area contributed by atoms with Crippen LogP contribution in [0.15, 0.2) is 47.3 Å². The lowest BCUT2D eigenvalue weighted by molar-refractivity contribution is 0.102. The second kappa shape index (κ2) is 8.31. The van der Waals surface area contributed by atoms with Crippen LogP contribution >= 0.6 is 11.6 Å². The van der Waals surface area contributed by atoms with Crippen molar-refractivity contribution >= 4 is 34.0 Å². The number of hydrogen-bond acceptors (Lipinski definition) is 3.